The van der Waals surface area contributed by atoms with Gasteiger partial charge < -0.3 is 20.9 Å². The van der Waals surface area contributed by atoms with Crippen molar-refractivity contribution in [1.29, 1.82) is 0 Å². The topological polar surface area (TPSA) is 99.2 Å². The summed E-state index contributed by atoms with van der Waals surface area (Å²) in [5.41, 5.74) is -0.263. The number of aromatic nitrogens is 2. The number of hydrogen-bond acceptors (Lipinski definition) is 6. The quantitative estimate of drug-likeness (QED) is 0.512. The first-order valence-electron chi connectivity index (χ1n) is 10.4. The zero-order chi connectivity index (χ0) is 24.0. The minimum absolute atomic E-state index is 0.0349. The lowest BCUT2D eigenvalue weighted by atomic mass is 10.1. The highest BCUT2D eigenvalue weighted by Gasteiger charge is 2.35. The number of anilines is 3. The van der Waals surface area contributed by atoms with Crippen molar-refractivity contribution in [3.8, 4) is 0 Å². The van der Waals surface area contributed by atoms with Crippen LogP contribution >= 0.6 is 11.6 Å². The number of halogens is 4. The average Bonchev–Trinajstić information content (AvgIpc) is 2.77. The molecule has 1 aromatic heterocycles. The zero-order valence-electron chi connectivity index (χ0n) is 17.9. The van der Waals surface area contributed by atoms with Gasteiger partial charge in [0.05, 0.1) is 10.7 Å². The predicted octanol–water partition coefficient (Wildman–Crippen LogP) is 4.07. The van der Waals surface area contributed by atoms with Crippen LogP contribution in [-0.4, -0.2) is 52.9 Å². The van der Waals surface area contributed by atoms with Gasteiger partial charge in [-0.2, -0.15) is 18.2 Å². The van der Waals surface area contributed by atoms with Crippen molar-refractivity contribution >= 4 is 40.9 Å². The Kier molecular flexibility index (Phi) is 7.96. The fraction of sp³-hybridized carbons (Fsp3) is 0.429. The third-order valence-corrected chi connectivity index (χ3v) is 5.30. The number of carbonyl (C=O) groups is 2. The van der Waals surface area contributed by atoms with E-state index in [2.05, 4.69) is 25.9 Å². The van der Waals surface area contributed by atoms with Gasteiger partial charge in [0.25, 0.3) is 5.91 Å². The highest BCUT2D eigenvalue weighted by molar-refractivity contribution is 6.33. The molecule has 0 aliphatic carbocycles. The molecule has 33 heavy (non-hydrogen) atoms. The Balaban J connectivity index is 1.75. The van der Waals surface area contributed by atoms with Gasteiger partial charge in [-0.05, 0) is 37.5 Å². The molecule has 8 nitrogen and oxygen atoms in total. The molecule has 0 unspecified atom stereocenters. The second-order valence-corrected chi connectivity index (χ2v) is 7.94. The van der Waals surface area contributed by atoms with Crippen LogP contribution in [0.5, 0.6) is 0 Å². The second-order valence-electron chi connectivity index (χ2n) is 7.54. The largest absolute Gasteiger partial charge is 0.421 e. The number of benzene rings is 1. The average molecular weight is 485 g/mol. The molecule has 12 heteroatoms. The van der Waals surface area contributed by atoms with Gasteiger partial charge in [-0.25, -0.2) is 4.98 Å². The van der Waals surface area contributed by atoms with Crippen LogP contribution in [0.3, 0.4) is 0 Å². The van der Waals surface area contributed by atoms with Crippen LogP contribution in [0.1, 0.15) is 42.1 Å². The van der Waals surface area contributed by atoms with Gasteiger partial charge in [-0.3, -0.25) is 9.59 Å². The van der Waals surface area contributed by atoms with Crippen molar-refractivity contribution in [3.05, 3.63) is 40.5 Å². The van der Waals surface area contributed by atoms with E-state index in [1.54, 1.807) is 17.0 Å². The van der Waals surface area contributed by atoms with Crippen LogP contribution in [0.15, 0.2) is 24.4 Å². The third kappa shape index (κ3) is 6.70. The summed E-state index contributed by atoms with van der Waals surface area (Å²) in [5.74, 6) is -0.949. The monoisotopic (exact) mass is 484 g/mol. The van der Waals surface area contributed by atoms with Gasteiger partial charge in [0, 0.05) is 44.9 Å². The van der Waals surface area contributed by atoms with Crippen molar-refractivity contribution < 1.29 is 22.8 Å². The first kappa shape index (κ1) is 24.6. The first-order chi connectivity index (χ1) is 15.6. The second kappa shape index (κ2) is 10.7. The Hall–Kier alpha value is -3.08. The number of nitrogens with one attached hydrogen (secondary N) is 3. The molecule has 0 atom stereocenters. The summed E-state index contributed by atoms with van der Waals surface area (Å²) < 4.78 is 39.9. The maximum atomic E-state index is 13.3. The van der Waals surface area contributed by atoms with Gasteiger partial charge in [0.2, 0.25) is 11.9 Å². The smallest absolute Gasteiger partial charge is 0.368 e. The summed E-state index contributed by atoms with van der Waals surface area (Å²) in [6.45, 7) is 2.87. The molecule has 1 aliphatic rings. The molecule has 2 amide bonds. The summed E-state index contributed by atoms with van der Waals surface area (Å²) in [4.78, 5) is 33.0. The summed E-state index contributed by atoms with van der Waals surface area (Å²) >= 11 is 6.31. The molecule has 2 aromatic rings. The summed E-state index contributed by atoms with van der Waals surface area (Å²) in [5, 5.41) is 8.05. The summed E-state index contributed by atoms with van der Waals surface area (Å²) in [7, 11) is 0. The van der Waals surface area contributed by atoms with Crippen LogP contribution in [0.2, 0.25) is 5.02 Å². The molecule has 0 spiro atoms. The van der Waals surface area contributed by atoms with Gasteiger partial charge >= 0.3 is 6.18 Å². The van der Waals surface area contributed by atoms with E-state index in [-0.39, 0.29) is 35.9 Å². The van der Waals surface area contributed by atoms with Crippen LogP contribution in [0.4, 0.5) is 30.6 Å². The Labute approximate surface area is 193 Å². The third-order valence-electron chi connectivity index (χ3n) is 4.99. The lowest BCUT2D eigenvalue weighted by Gasteiger charge is -2.26. The molecule has 0 radical (unpaired) electrons. The van der Waals surface area contributed by atoms with Crippen LogP contribution in [0.25, 0.3) is 0 Å². The number of piperidine rings is 1. The van der Waals surface area contributed by atoms with E-state index in [9.17, 15) is 22.8 Å². The molecule has 1 saturated heterocycles. The number of nitrogens with zero attached hydrogens (tertiary/aromatic N) is 3. The van der Waals surface area contributed by atoms with E-state index in [0.29, 0.717) is 30.5 Å². The highest BCUT2D eigenvalue weighted by atomic mass is 35.5. The number of alkyl halides is 3. The van der Waals surface area contributed by atoms with Gasteiger partial charge in [-0.15, -0.1) is 0 Å². The number of amides is 2. The molecular formula is C21H24ClF3N6O2. The van der Waals surface area contributed by atoms with E-state index >= 15 is 0 Å². The maximum absolute atomic E-state index is 13.3. The van der Waals surface area contributed by atoms with E-state index in [1.165, 1.54) is 13.0 Å². The maximum Gasteiger partial charge on any atom is 0.421 e. The van der Waals surface area contributed by atoms with Crippen LogP contribution in [-0.2, 0) is 11.0 Å². The molecule has 0 saturated carbocycles. The van der Waals surface area contributed by atoms with Gasteiger partial charge in [-0.1, -0.05) is 11.6 Å². The van der Waals surface area contributed by atoms with Crippen molar-refractivity contribution in [1.82, 2.24) is 20.2 Å². The summed E-state index contributed by atoms with van der Waals surface area (Å²) in [6.07, 6.45) is -0.969. The number of hydrogen-bond donors (Lipinski definition) is 3. The Morgan fingerprint density at radius 3 is 2.52 bits per heavy atom. The first-order valence-corrected chi connectivity index (χ1v) is 10.8. The van der Waals surface area contributed by atoms with Crippen molar-refractivity contribution in [2.75, 3.05) is 36.8 Å². The molecule has 3 rings (SSSR count). The van der Waals surface area contributed by atoms with E-state index in [0.717, 1.165) is 19.3 Å². The van der Waals surface area contributed by atoms with Gasteiger partial charge in [0.1, 0.15) is 11.4 Å². The zero-order valence-corrected chi connectivity index (χ0v) is 18.7. The minimum Gasteiger partial charge on any atom is -0.368 e. The highest BCUT2D eigenvalue weighted by Crippen LogP contribution is 2.34. The van der Waals surface area contributed by atoms with Crippen LogP contribution < -0.4 is 16.0 Å². The molecule has 3 N–H and O–H groups in total. The van der Waals surface area contributed by atoms with Crippen molar-refractivity contribution in [2.24, 2.45) is 0 Å². The standard InChI is InChI=1S/C21H24ClF3N6O2/c1-13(32)26-7-8-27-18-15(21(23,24)25)12-28-20(30-18)29-17-6-5-14(11-16(17)22)19(33)31-9-3-2-4-10-31/h5-6,11-12H,2-4,7-10H2,1H3,(H,26,32)(H2,27,28,29,30). The molecule has 1 aliphatic heterocycles. The number of likely N-dealkylation sites (tertiary alicyclic amines) is 1. The number of carbonyl (C=O) groups excluding carboxylic acids is 2. The van der Waals surface area contributed by atoms with E-state index in [1.807, 2.05) is 0 Å². The van der Waals surface area contributed by atoms with Crippen LogP contribution in [0, 0.1) is 0 Å². The Bertz CT molecular complexity index is 1010. The normalized spacial score (nSPS) is 14.0. The Morgan fingerprint density at radius 2 is 1.88 bits per heavy atom. The predicted molar refractivity (Wildman–Crippen MR) is 119 cm³/mol. The van der Waals surface area contributed by atoms with Crippen molar-refractivity contribution in [2.45, 2.75) is 32.4 Å². The Morgan fingerprint density at radius 1 is 1.15 bits per heavy atom. The molecule has 1 fully saturated rings. The molecule has 1 aromatic carbocycles. The van der Waals surface area contributed by atoms with Gasteiger partial charge in [0.15, 0.2) is 0 Å². The SMILES string of the molecule is CC(=O)NCCNc1nc(Nc2ccc(C(=O)N3CCCCC3)cc2Cl)ncc1C(F)(F)F. The molecular weight excluding hydrogens is 461 g/mol. The molecule has 2 heterocycles. The lowest BCUT2D eigenvalue weighted by Crippen LogP contribution is -2.35. The molecule has 0 bridgehead atoms. The van der Waals surface area contributed by atoms with Crippen molar-refractivity contribution in [3.63, 3.8) is 0 Å². The summed E-state index contributed by atoms with van der Waals surface area (Å²) in [6, 6.07) is 4.67. The fourth-order valence-electron chi connectivity index (χ4n) is 3.35. The van der Waals surface area contributed by atoms with E-state index < -0.39 is 17.6 Å². The minimum atomic E-state index is -4.66. The lowest BCUT2D eigenvalue weighted by molar-refractivity contribution is -0.137. The van der Waals surface area contributed by atoms with E-state index in [4.69, 9.17) is 11.6 Å². The fourth-order valence-corrected chi connectivity index (χ4v) is 3.58. The molecule has 178 valence electrons. The number of rotatable bonds is 7.